The van der Waals surface area contributed by atoms with Gasteiger partial charge in [-0.1, -0.05) is 6.58 Å². The molecule has 286 valence electrons. The molecule has 2 aromatic heterocycles. The first-order chi connectivity index (χ1) is 25.8. The first-order valence-corrected chi connectivity index (χ1v) is 16.2. The molecular weight excluding hydrogens is 711 g/mol. The number of nitrogens with one attached hydrogen (secondary N) is 1. The van der Waals surface area contributed by atoms with Gasteiger partial charge in [0.2, 0.25) is 6.79 Å². The van der Waals surface area contributed by atoms with E-state index >= 15 is 4.39 Å². The largest absolute Gasteiger partial charge is 0.511 e. The molecule has 0 radical (unpaired) electrons. The highest BCUT2D eigenvalue weighted by atomic mass is 19.1. The number of carbonyl (C=O) groups excluding carboxylic acids is 3. The quantitative estimate of drug-likeness (QED) is 0.0285. The number of ether oxygens (including phenoxy) is 7. The Bertz CT molecular complexity index is 1960. The summed E-state index contributed by atoms with van der Waals surface area (Å²) in [5.74, 6) is -1.52. The highest BCUT2D eigenvalue weighted by molar-refractivity contribution is 6.02. The van der Waals surface area contributed by atoms with Crippen molar-refractivity contribution in [2.75, 3.05) is 39.0 Å². The maximum Gasteiger partial charge on any atom is 0.511 e. The molecule has 0 aliphatic rings. The fourth-order valence-corrected chi connectivity index (χ4v) is 4.34. The zero-order valence-corrected chi connectivity index (χ0v) is 30.1. The fraction of sp³-hybridized carbons (Fsp3) is 0.314. The topological polar surface area (TPSA) is 223 Å². The smallest absolute Gasteiger partial charge is 0.497 e. The van der Waals surface area contributed by atoms with Gasteiger partial charge in [0.15, 0.2) is 17.4 Å². The average molecular weight is 751 g/mol. The van der Waals surface area contributed by atoms with Crippen molar-refractivity contribution in [1.82, 2.24) is 24.7 Å². The van der Waals surface area contributed by atoms with Gasteiger partial charge in [0.05, 0.1) is 13.2 Å². The molecule has 0 saturated carbocycles. The highest BCUT2D eigenvalue weighted by Gasteiger charge is 2.29. The van der Waals surface area contributed by atoms with Gasteiger partial charge in [0.25, 0.3) is 5.95 Å². The molecule has 0 saturated heterocycles. The van der Waals surface area contributed by atoms with Crippen LogP contribution in [0.3, 0.4) is 0 Å². The second-order valence-electron chi connectivity index (χ2n) is 11.4. The Morgan fingerprint density at radius 2 is 1.74 bits per heavy atom. The molecule has 0 aliphatic heterocycles. The van der Waals surface area contributed by atoms with Crippen molar-refractivity contribution < 1.29 is 51.9 Å². The van der Waals surface area contributed by atoms with Gasteiger partial charge in [0.1, 0.15) is 37.4 Å². The number of hydrogen-bond donors (Lipinski definition) is 2. The molecule has 4 rings (SSSR count). The Hall–Kier alpha value is -6.79. The number of carbonyl (C=O) groups is 3. The van der Waals surface area contributed by atoms with Crippen LogP contribution in [0, 0.1) is 5.82 Å². The third kappa shape index (κ3) is 11.6. The number of hydrogen-bond acceptors (Lipinski definition) is 15. The summed E-state index contributed by atoms with van der Waals surface area (Å²) >= 11 is 0. The van der Waals surface area contributed by atoms with E-state index in [4.69, 9.17) is 38.9 Å². The summed E-state index contributed by atoms with van der Waals surface area (Å²) in [5.41, 5.74) is 7.42. The molecule has 2 aromatic carbocycles. The molecule has 1 unspecified atom stereocenters. The van der Waals surface area contributed by atoms with Crippen LogP contribution in [0.15, 0.2) is 72.0 Å². The standard InChI is InChI=1S/C35H39FN8O10/c1-20(2)18-51-34(46)41-30(37)23-8-10-24(11-9-23)40-29(26-16-25(48-6)17-27(28(26)36)50-15-14-49-22(5)45)31-42-33(52-19-53-35(47)54-21(3)4)44(43-31)32-38-12-7-13-39-32/h7-13,16-17,21,29,40H,1,14-15,18-19H2,2-6H3,(H2,37,41,46). The number of nitrogens with two attached hydrogens (primary N) is 1. The molecule has 1 atom stereocenters. The van der Waals surface area contributed by atoms with Crippen molar-refractivity contribution in [2.45, 2.75) is 39.8 Å². The lowest BCUT2D eigenvalue weighted by atomic mass is 10.0. The second-order valence-corrected chi connectivity index (χ2v) is 11.4. The monoisotopic (exact) mass is 750 g/mol. The van der Waals surface area contributed by atoms with Crippen LogP contribution in [0.5, 0.6) is 17.5 Å². The van der Waals surface area contributed by atoms with Crippen molar-refractivity contribution >= 4 is 29.7 Å². The molecule has 2 heterocycles. The molecule has 19 heteroatoms. The zero-order chi connectivity index (χ0) is 39.2. The summed E-state index contributed by atoms with van der Waals surface area (Å²) in [6.45, 7) is 8.96. The van der Waals surface area contributed by atoms with E-state index in [0.717, 1.165) is 4.68 Å². The van der Waals surface area contributed by atoms with Crippen LogP contribution in [0.1, 0.15) is 50.7 Å². The minimum atomic E-state index is -1.20. The van der Waals surface area contributed by atoms with Crippen molar-refractivity contribution in [3.63, 3.8) is 0 Å². The van der Waals surface area contributed by atoms with Gasteiger partial charge in [-0.05, 0) is 62.7 Å². The van der Waals surface area contributed by atoms with Crippen LogP contribution in [0.2, 0.25) is 0 Å². The molecule has 0 spiro atoms. The van der Waals surface area contributed by atoms with E-state index in [-0.39, 0.29) is 60.5 Å². The molecular formula is C35H39FN8O10. The minimum Gasteiger partial charge on any atom is -0.497 e. The summed E-state index contributed by atoms with van der Waals surface area (Å²) in [5, 5.41) is 7.75. The molecule has 0 bridgehead atoms. The number of esters is 1. The summed E-state index contributed by atoms with van der Waals surface area (Å²) in [7, 11) is 1.39. The van der Waals surface area contributed by atoms with E-state index in [2.05, 4.69) is 36.9 Å². The van der Waals surface area contributed by atoms with E-state index in [1.165, 1.54) is 38.6 Å². The maximum atomic E-state index is 16.4. The van der Waals surface area contributed by atoms with Crippen molar-refractivity contribution in [2.24, 2.45) is 10.7 Å². The lowest BCUT2D eigenvalue weighted by molar-refractivity contribution is -0.141. The predicted molar refractivity (Wildman–Crippen MR) is 189 cm³/mol. The van der Waals surface area contributed by atoms with Gasteiger partial charge >= 0.3 is 24.2 Å². The molecule has 18 nitrogen and oxygen atoms in total. The van der Waals surface area contributed by atoms with Crippen LogP contribution in [-0.2, 0) is 23.7 Å². The SMILES string of the molecule is C=C(C)COC(=O)N=C(N)c1ccc(NC(c2nc(OCOC(=O)OC(C)C)n(-c3ncccn3)n2)c2cc(OC)cc(OCCOC(C)=O)c2F)cc1. The predicted octanol–water partition coefficient (Wildman–Crippen LogP) is 4.66. The second kappa shape index (κ2) is 19.2. The number of anilines is 1. The number of rotatable bonds is 17. The molecule has 0 aliphatic carbocycles. The summed E-state index contributed by atoms with van der Waals surface area (Å²) < 4.78 is 54.2. The lowest BCUT2D eigenvalue weighted by Gasteiger charge is -2.21. The van der Waals surface area contributed by atoms with Crippen LogP contribution in [-0.4, -0.2) is 88.6 Å². The molecule has 0 fully saturated rings. The van der Waals surface area contributed by atoms with E-state index in [1.807, 2.05) is 0 Å². The Kier molecular flexibility index (Phi) is 14.2. The van der Waals surface area contributed by atoms with E-state index in [9.17, 15) is 14.4 Å². The molecule has 3 N–H and O–H groups in total. The van der Waals surface area contributed by atoms with Gasteiger partial charge < -0.3 is 44.2 Å². The van der Waals surface area contributed by atoms with Gasteiger partial charge in [-0.25, -0.2) is 23.9 Å². The van der Waals surface area contributed by atoms with Gasteiger partial charge in [-0.15, -0.1) is 9.78 Å². The Morgan fingerprint density at radius 3 is 2.39 bits per heavy atom. The van der Waals surface area contributed by atoms with E-state index in [0.29, 0.717) is 16.8 Å². The highest BCUT2D eigenvalue weighted by Crippen LogP contribution is 2.36. The van der Waals surface area contributed by atoms with E-state index in [1.54, 1.807) is 51.1 Å². The third-order valence-electron chi connectivity index (χ3n) is 6.67. The van der Waals surface area contributed by atoms with Crippen molar-refractivity contribution in [3.05, 3.63) is 89.8 Å². The third-order valence-corrected chi connectivity index (χ3v) is 6.67. The van der Waals surface area contributed by atoms with Crippen LogP contribution in [0.25, 0.3) is 5.95 Å². The van der Waals surface area contributed by atoms with Gasteiger partial charge in [0, 0.05) is 42.2 Å². The van der Waals surface area contributed by atoms with Crippen LogP contribution < -0.4 is 25.3 Å². The van der Waals surface area contributed by atoms with Crippen molar-refractivity contribution in [1.29, 1.82) is 0 Å². The summed E-state index contributed by atoms with van der Waals surface area (Å²) in [4.78, 5) is 52.0. The van der Waals surface area contributed by atoms with Crippen molar-refractivity contribution in [3.8, 4) is 23.5 Å². The lowest BCUT2D eigenvalue weighted by Crippen LogP contribution is -2.18. The number of methoxy groups -OCH3 is 1. The molecule has 1 amide bonds. The number of halogens is 1. The number of benzene rings is 2. The fourth-order valence-electron chi connectivity index (χ4n) is 4.34. The van der Waals surface area contributed by atoms with Gasteiger partial charge in [-0.2, -0.15) is 9.98 Å². The Labute approximate surface area is 309 Å². The first-order valence-electron chi connectivity index (χ1n) is 16.2. The van der Waals surface area contributed by atoms with E-state index < -0.39 is 43.0 Å². The minimum absolute atomic E-state index is 0.00964. The average Bonchev–Trinajstić information content (AvgIpc) is 3.56. The number of nitrogens with zero attached hydrogens (tertiary/aromatic N) is 6. The summed E-state index contributed by atoms with van der Waals surface area (Å²) in [6.07, 6.45) is 0.604. The summed E-state index contributed by atoms with van der Waals surface area (Å²) in [6, 6.07) is 9.23. The van der Waals surface area contributed by atoms with Crippen LogP contribution in [0.4, 0.5) is 19.7 Å². The first kappa shape index (κ1) is 40.0. The Morgan fingerprint density at radius 1 is 1.02 bits per heavy atom. The molecule has 54 heavy (non-hydrogen) atoms. The normalized spacial score (nSPS) is 11.6. The number of amides is 1. The number of aliphatic imine (C=N–C) groups is 1. The number of aromatic nitrogens is 5. The van der Waals surface area contributed by atoms with Gasteiger partial charge in [-0.3, -0.25) is 4.79 Å². The van der Waals surface area contributed by atoms with Crippen LogP contribution >= 0.6 is 0 Å². The molecule has 4 aromatic rings. The number of amidine groups is 1. The maximum absolute atomic E-state index is 16.4. The Balaban J connectivity index is 1.76. The zero-order valence-electron chi connectivity index (χ0n) is 30.1.